The molecule has 0 saturated carbocycles. The molecule has 96 valence electrons. The molecule has 2 aromatic rings. The third-order valence-electron chi connectivity index (χ3n) is 2.77. The molecule has 5 heteroatoms. The quantitative estimate of drug-likeness (QED) is 0.674. The minimum atomic E-state index is -1.16. The van der Waals surface area contributed by atoms with Crippen LogP contribution in [0.4, 0.5) is 5.69 Å². The number of nitrogens with zero attached hydrogens (tertiary/aromatic N) is 1. The Labute approximate surface area is 109 Å². The van der Waals surface area contributed by atoms with Crippen LogP contribution in [0, 0.1) is 10.1 Å². The third-order valence-corrected chi connectivity index (χ3v) is 2.77. The number of carboxylic acid groups (broad SMARTS) is 1. The van der Waals surface area contributed by atoms with Crippen LogP contribution < -0.4 is 0 Å². The number of nitro groups is 1. The Balaban J connectivity index is 2.40. The Bertz CT molecular complexity index is 623. The SMILES string of the molecule is O=C(O)c1cc([N+](=O)[O-])ccc1Cc1ccccc1. The average Bonchev–Trinajstić information content (AvgIpc) is 2.39. The van der Waals surface area contributed by atoms with E-state index in [0.717, 1.165) is 11.6 Å². The van der Waals surface area contributed by atoms with Gasteiger partial charge in [-0.2, -0.15) is 0 Å². The zero-order valence-electron chi connectivity index (χ0n) is 9.95. The molecule has 0 unspecified atom stereocenters. The molecule has 0 radical (unpaired) electrons. The summed E-state index contributed by atoms with van der Waals surface area (Å²) in [6.45, 7) is 0. The Morgan fingerprint density at radius 3 is 2.42 bits per heavy atom. The first-order chi connectivity index (χ1) is 9.08. The predicted molar refractivity (Wildman–Crippen MR) is 69.3 cm³/mol. The molecule has 0 spiro atoms. The maximum Gasteiger partial charge on any atom is 0.336 e. The molecule has 0 heterocycles. The van der Waals surface area contributed by atoms with Crippen LogP contribution in [0.5, 0.6) is 0 Å². The number of nitro benzene ring substituents is 1. The summed E-state index contributed by atoms with van der Waals surface area (Å²) >= 11 is 0. The summed E-state index contributed by atoms with van der Waals surface area (Å²) in [6.07, 6.45) is 0.431. The summed E-state index contributed by atoms with van der Waals surface area (Å²) in [7, 11) is 0. The van der Waals surface area contributed by atoms with Gasteiger partial charge in [-0.3, -0.25) is 10.1 Å². The number of hydrogen-bond acceptors (Lipinski definition) is 3. The van der Waals surface area contributed by atoms with Gasteiger partial charge in [-0.15, -0.1) is 0 Å². The summed E-state index contributed by atoms with van der Waals surface area (Å²) in [5, 5.41) is 19.8. The smallest absolute Gasteiger partial charge is 0.336 e. The van der Waals surface area contributed by atoms with E-state index in [1.165, 1.54) is 12.1 Å². The molecule has 0 saturated heterocycles. The lowest BCUT2D eigenvalue weighted by atomic mass is 9.99. The van der Waals surface area contributed by atoms with Gasteiger partial charge >= 0.3 is 5.97 Å². The zero-order valence-corrected chi connectivity index (χ0v) is 9.95. The molecule has 0 aliphatic heterocycles. The van der Waals surface area contributed by atoms with Crippen molar-refractivity contribution in [2.45, 2.75) is 6.42 Å². The Morgan fingerprint density at radius 2 is 1.84 bits per heavy atom. The van der Waals surface area contributed by atoms with Gasteiger partial charge in [-0.05, 0) is 17.5 Å². The first-order valence-corrected chi connectivity index (χ1v) is 5.62. The highest BCUT2D eigenvalue weighted by atomic mass is 16.6. The maximum atomic E-state index is 11.2. The molecule has 0 aliphatic rings. The Kier molecular flexibility index (Phi) is 3.56. The average molecular weight is 257 g/mol. The van der Waals surface area contributed by atoms with E-state index in [4.69, 9.17) is 5.11 Å². The molecule has 0 aliphatic carbocycles. The molecule has 2 rings (SSSR count). The van der Waals surface area contributed by atoms with Crippen LogP contribution in [0.3, 0.4) is 0 Å². The van der Waals surface area contributed by atoms with Gasteiger partial charge in [0.25, 0.3) is 5.69 Å². The van der Waals surface area contributed by atoms with E-state index in [1.54, 1.807) is 0 Å². The lowest BCUT2D eigenvalue weighted by molar-refractivity contribution is -0.384. The van der Waals surface area contributed by atoms with Crippen molar-refractivity contribution in [3.05, 3.63) is 75.3 Å². The van der Waals surface area contributed by atoms with Crippen molar-refractivity contribution in [2.75, 3.05) is 0 Å². The maximum absolute atomic E-state index is 11.2. The molecule has 0 aromatic heterocycles. The lowest BCUT2D eigenvalue weighted by Crippen LogP contribution is -2.04. The van der Waals surface area contributed by atoms with Crippen molar-refractivity contribution < 1.29 is 14.8 Å². The summed E-state index contributed by atoms with van der Waals surface area (Å²) in [5.41, 5.74) is 1.27. The molecule has 2 aromatic carbocycles. The molecule has 0 fully saturated rings. The van der Waals surface area contributed by atoms with Crippen molar-refractivity contribution in [3.63, 3.8) is 0 Å². The zero-order chi connectivity index (χ0) is 13.8. The monoisotopic (exact) mass is 257 g/mol. The van der Waals surface area contributed by atoms with Crippen LogP contribution in [0.2, 0.25) is 0 Å². The van der Waals surface area contributed by atoms with Crippen molar-refractivity contribution in [2.24, 2.45) is 0 Å². The molecular formula is C14H11NO4. The Hall–Kier alpha value is -2.69. The van der Waals surface area contributed by atoms with Crippen LogP contribution in [0.1, 0.15) is 21.5 Å². The summed E-state index contributed by atoms with van der Waals surface area (Å²) in [6, 6.07) is 13.3. The summed E-state index contributed by atoms with van der Waals surface area (Å²) < 4.78 is 0. The molecule has 19 heavy (non-hydrogen) atoms. The minimum absolute atomic E-state index is 0.0296. The van der Waals surface area contributed by atoms with E-state index < -0.39 is 10.9 Å². The lowest BCUT2D eigenvalue weighted by Gasteiger charge is -2.06. The highest BCUT2D eigenvalue weighted by Crippen LogP contribution is 2.20. The first-order valence-electron chi connectivity index (χ1n) is 5.62. The number of carbonyl (C=O) groups is 1. The van der Waals surface area contributed by atoms with Crippen LogP contribution >= 0.6 is 0 Å². The standard InChI is InChI=1S/C14H11NO4/c16-14(17)13-9-12(15(18)19)7-6-11(13)8-10-4-2-1-3-5-10/h1-7,9H,8H2,(H,16,17). The van der Waals surface area contributed by atoms with E-state index in [0.29, 0.717) is 12.0 Å². The van der Waals surface area contributed by atoms with Crippen molar-refractivity contribution in [1.29, 1.82) is 0 Å². The van der Waals surface area contributed by atoms with Crippen LogP contribution in [-0.4, -0.2) is 16.0 Å². The van der Waals surface area contributed by atoms with Gasteiger partial charge in [0, 0.05) is 12.1 Å². The number of benzene rings is 2. The number of hydrogen-bond donors (Lipinski definition) is 1. The van der Waals surface area contributed by atoms with Crippen LogP contribution in [0.15, 0.2) is 48.5 Å². The fraction of sp³-hybridized carbons (Fsp3) is 0.0714. The van der Waals surface area contributed by atoms with E-state index in [1.807, 2.05) is 30.3 Å². The largest absolute Gasteiger partial charge is 0.478 e. The fourth-order valence-corrected chi connectivity index (χ4v) is 1.85. The molecule has 1 N–H and O–H groups in total. The van der Waals surface area contributed by atoms with Crippen molar-refractivity contribution >= 4 is 11.7 Å². The van der Waals surface area contributed by atoms with Crippen LogP contribution in [0.25, 0.3) is 0 Å². The molecular weight excluding hydrogens is 246 g/mol. The van der Waals surface area contributed by atoms with Crippen molar-refractivity contribution in [1.82, 2.24) is 0 Å². The second-order valence-corrected chi connectivity index (χ2v) is 4.07. The van der Waals surface area contributed by atoms with Gasteiger partial charge in [0.1, 0.15) is 0 Å². The highest BCUT2D eigenvalue weighted by Gasteiger charge is 2.15. The molecule has 0 bridgehead atoms. The van der Waals surface area contributed by atoms with E-state index >= 15 is 0 Å². The molecule has 0 atom stereocenters. The minimum Gasteiger partial charge on any atom is -0.478 e. The Morgan fingerprint density at radius 1 is 1.16 bits per heavy atom. The normalized spacial score (nSPS) is 10.1. The molecule has 0 amide bonds. The number of carboxylic acids is 1. The van der Waals surface area contributed by atoms with E-state index in [9.17, 15) is 14.9 Å². The van der Waals surface area contributed by atoms with E-state index in [2.05, 4.69) is 0 Å². The van der Waals surface area contributed by atoms with Gasteiger partial charge in [0.2, 0.25) is 0 Å². The van der Waals surface area contributed by atoms with Crippen molar-refractivity contribution in [3.8, 4) is 0 Å². The summed E-state index contributed by atoms with van der Waals surface area (Å²) in [5.74, 6) is -1.16. The first kappa shape index (κ1) is 12.8. The van der Waals surface area contributed by atoms with Gasteiger partial charge in [-0.25, -0.2) is 4.79 Å². The number of non-ortho nitro benzene ring substituents is 1. The van der Waals surface area contributed by atoms with Gasteiger partial charge in [-0.1, -0.05) is 36.4 Å². The predicted octanol–water partition coefficient (Wildman–Crippen LogP) is 2.88. The van der Waals surface area contributed by atoms with Gasteiger partial charge in [0.05, 0.1) is 10.5 Å². The third kappa shape index (κ3) is 2.95. The topological polar surface area (TPSA) is 80.4 Å². The van der Waals surface area contributed by atoms with Crippen LogP contribution in [-0.2, 0) is 6.42 Å². The number of rotatable bonds is 4. The van der Waals surface area contributed by atoms with Gasteiger partial charge < -0.3 is 5.11 Å². The van der Waals surface area contributed by atoms with E-state index in [-0.39, 0.29) is 11.3 Å². The summed E-state index contributed by atoms with van der Waals surface area (Å²) in [4.78, 5) is 21.2. The second-order valence-electron chi connectivity index (χ2n) is 4.07. The number of aromatic carboxylic acids is 1. The molecule has 5 nitrogen and oxygen atoms in total. The van der Waals surface area contributed by atoms with Gasteiger partial charge in [0.15, 0.2) is 0 Å². The second kappa shape index (κ2) is 5.30. The highest BCUT2D eigenvalue weighted by molar-refractivity contribution is 5.90. The fourth-order valence-electron chi connectivity index (χ4n) is 1.85.